The lowest BCUT2D eigenvalue weighted by Gasteiger charge is -2.29. The highest BCUT2D eigenvalue weighted by Crippen LogP contribution is 2.31. The van der Waals surface area contributed by atoms with Crippen molar-refractivity contribution in [2.45, 2.75) is 26.3 Å². The Bertz CT molecular complexity index is 911. The van der Waals surface area contributed by atoms with E-state index in [1.807, 2.05) is 32.0 Å². The quantitative estimate of drug-likeness (QED) is 0.844. The van der Waals surface area contributed by atoms with Crippen molar-refractivity contribution in [3.05, 3.63) is 54.1 Å². The third-order valence-electron chi connectivity index (χ3n) is 4.81. The Morgan fingerprint density at radius 3 is 2.59 bits per heavy atom. The number of amides is 3. The van der Waals surface area contributed by atoms with Crippen molar-refractivity contribution < 1.29 is 19.1 Å². The molecule has 2 aromatic carbocycles. The van der Waals surface area contributed by atoms with E-state index in [2.05, 4.69) is 5.32 Å². The van der Waals surface area contributed by atoms with Crippen LogP contribution in [-0.4, -0.2) is 48.9 Å². The molecule has 1 unspecified atom stereocenters. The molecule has 0 aromatic heterocycles. The second-order valence-electron chi connectivity index (χ2n) is 7.23. The summed E-state index contributed by atoms with van der Waals surface area (Å²) in [6, 6.07) is 14.2. The SMILES string of the molecule is Cc1ccc(OCC(=O)N(C)CC(=O)N2c3ccccc3NC(=O)CC2C)cc1. The second-order valence-corrected chi connectivity index (χ2v) is 7.23. The first kappa shape index (κ1) is 20.4. The van der Waals surface area contributed by atoms with Crippen molar-refractivity contribution >= 4 is 29.1 Å². The fourth-order valence-corrected chi connectivity index (χ4v) is 3.22. The van der Waals surface area contributed by atoms with Gasteiger partial charge in [-0.15, -0.1) is 0 Å². The van der Waals surface area contributed by atoms with Gasteiger partial charge in [0.15, 0.2) is 6.61 Å². The van der Waals surface area contributed by atoms with Crippen LogP contribution >= 0.6 is 0 Å². The summed E-state index contributed by atoms with van der Waals surface area (Å²) >= 11 is 0. The van der Waals surface area contributed by atoms with Crippen LogP contribution in [-0.2, 0) is 14.4 Å². The molecule has 1 aliphatic heterocycles. The smallest absolute Gasteiger partial charge is 0.260 e. The van der Waals surface area contributed by atoms with Gasteiger partial charge in [0.1, 0.15) is 5.75 Å². The molecule has 29 heavy (non-hydrogen) atoms. The highest BCUT2D eigenvalue weighted by atomic mass is 16.5. The van der Waals surface area contributed by atoms with Gasteiger partial charge in [0, 0.05) is 19.5 Å². The minimum atomic E-state index is -0.321. The molecule has 7 heteroatoms. The molecule has 0 radical (unpaired) electrons. The predicted molar refractivity (Wildman–Crippen MR) is 111 cm³/mol. The number of aryl methyl sites for hydroxylation is 1. The maximum atomic E-state index is 13.0. The van der Waals surface area contributed by atoms with E-state index in [0.29, 0.717) is 17.1 Å². The van der Waals surface area contributed by atoms with Crippen LogP contribution in [0.2, 0.25) is 0 Å². The van der Waals surface area contributed by atoms with E-state index in [-0.39, 0.29) is 43.3 Å². The third kappa shape index (κ3) is 4.93. The second kappa shape index (κ2) is 8.77. The summed E-state index contributed by atoms with van der Waals surface area (Å²) in [4.78, 5) is 40.4. The molecule has 1 atom stereocenters. The summed E-state index contributed by atoms with van der Waals surface area (Å²) in [5.74, 6) is -0.101. The summed E-state index contributed by atoms with van der Waals surface area (Å²) in [5.41, 5.74) is 2.32. The molecule has 3 amide bonds. The van der Waals surface area contributed by atoms with Gasteiger partial charge in [0.25, 0.3) is 5.91 Å². The minimum Gasteiger partial charge on any atom is -0.484 e. The molecule has 1 N–H and O–H groups in total. The Morgan fingerprint density at radius 1 is 1.17 bits per heavy atom. The molecule has 0 aliphatic carbocycles. The molecule has 7 nitrogen and oxygen atoms in total. The van der Waals surface area contributed by atoms with Crippen LogP contribution < -0.4 is 15.0 Å². The number of nitrogens with zero attached hydrogens (tertiary/aromatic N) is 2. The minimum absolute atomic E-state index is 0.108. The Hall–Kier alpha value is -3.35. The van der Waals surface area contributed by atoms with Gasteiger partial charge in [0.2, 0.25) is 11.8 Å². The molecular formula is C22H25N3O4. The average molecular weight is 395 g/mol. The van der Waals surface area contributed by atoms with Gasteiger partial charge in [0.05, 0.1) is 17.9 Å². The Balaban J connectivity index is 1.65. The summed E-state index contributed by atoms with van der Waals surface area (Å²) in [7, 11) is 1.57. The topological polar surface area (TPSA) is 79.0 Å². The lowest BCUT2D eigenvalue weighted by Crippen LogP contribution is -2.46. The standard InChI is InChI=1S/C22H25N3O4/c1-15-8-10-17(11-9-15)29-14-22(28)24(3)13-21(27)25-16(2)12-20(26)23-18-6-4-5-7-19(18)25/h4-11,16H,12-14H2,1-3H3,(H,23,26). The Labute approximate surface area is 170 Å². The van der Waals surface area contributed by atoms with Crippen LogP contribution in [0.15, 0.2) is 48.5 Å². The first-order valence-electron chi connectivity index (χ1n) is 9.49. The van der Waals surface area contributed by atoms with Crippen LogP contribution in [0.25, 0.3) is 0 Å². The monoisotopic (exact) mass is 395 g/mol. The zero-order valence-electron chi connectivity index (χ0n) is 16.8. The van der Waals surface area contributed by atoms with Gasteiger partial charge in [-0.05, 0) is 38.1 Å². The molecule has 0 spiro atoms. The van der Waals surface area contributed by atoms with E-state index in [0.717, 1.165) is 5.56 Å². The van der Waals surface area contributed by atoms with Crippen LogP contribution in [0.4, 0.5) is 11.4 Å². The molecule has 152 valence electrons. The Morgan fingerprint density at radius 2 is 1.86 bits per heavy atom. The van der Waals surface area contributed by atoms with Crippen molar-refractivity contribution in [3.8, 4) is 5.75 Å². The number of nitrogens with one attached hydrogen (secondary N) is 1. The van der Waals surface area contributed by atoms with Crippen molar-refractivity contribution in [2.24, 2.45) is 0 Å². The number of hydrogen-bond donors (Lipinski definition) is 1. The Kier molecular flexibility index (Phi) is 6.16. The maximum absolute atomic E-state index is 13.0. The van der Waals surface area contributed by atoms with E-state index in [9.17, 15) is 14.4 Å². The zero-order chi connectivity index (χ0) is 21.0. The van der Waals surface area contributed by atoms with Crippen molar-refractivity contribution in [1.29, 1.82) is 0 Å². The van der Waals surface area contributed by atoms with E-state index < -0.39 is 0 Å². The molecule has 0 saturated heterocycles. The summed E-state index contributed by atoms with van der Waals surface area (Å²) in [5, 5.41) is 2.82. The van der Waals surface area contributed by atoms with Gasteiger partial charge >= 0.3 is 0 Å². The molecule has 3 rings (SSSR count). The van der Waals surface area contributed by atoms with Crippen LogP contribution in [0.5, 0.6) is 5.75 Å². The van der Waals surface area contributed by atoms with Gasteiger partial charge < -0.3 is 19.9 Å². The lowest BCUT2D eigenvalue weighted by molar-refractivity contribution is -0.135. The third-order valence-corrected chi connectivity index (χ3v) is 4.81. The number of carbonyl (C=O) groups is 3. The molecule has 0 saturated carbocycles. The maximum Gasteiger partial charge on any atom is 0.260 e. The number of ether oxygens (including phenoxy) is 1. The van der Waals surface area contributed by atoms with Gasteiger partial charge in [-0.25, -0.2) is 0 Å². The zero-order valence-corrected chi connectivity index (χ0v) is 16.8. The van der Waals surface area contributed by atoms with Crippen molar-refractivity contribution in [1.82, 2.24) is 4.90 Å². The number of benzene rings is 2. The number of para-hydroxylation sites is 2. The number of rotatable bonds is 5. The lowest BCUT2D eigenvalue weighted by atomic mass is 10.1. The summed E-state index contributed by atoms with van der Waals surface area (Å²) < 4.78 is 5.51. The molecule has 2 aromatic rings. The van der Waals surface area contributed by atoms with E-state index in [1.54, 1.807) is 42.3 Å². The van der Waals surface area contributed by atoms with Crippen LogP contribution in [0.1, 0.15) is 18.9 Å². The molecule has 0 bridgehead atoms. The van der Waals surface area contributed by atoms with Gasteiger partial charge in [-0.3, -0.25) is 14.4 Å². The van der Waals surface area contributed by atoms with Crippen LogP contribution in [0.3, 0.4) is 0 Å². The fraction of sp³-hybridized carbons (Fsp3) is 0.318. The van der Waals surface area contributed by atoms with Crippen LogP contribution in [0, 0.1) is 6.92 Å². The number of hydrogen-bond acceptors (Lipinski definition) is 4. The van der Waals surface area contributed by atoms with E-state index in [1.165, 1.54) is 4.90 Å². The fourth-order valence-electron chi connectivity index (χ4n) is 3.22. The highest BCUT2D eigenvalue weighted by molar-refractivity contribution is 6.05. The van der Waals surface area contributed by atoms with Crippen molar-refractivity contribution in [2.75, 3.05) is 30.4 Å². The van der Waals surface area contributed by atoms with Crippen molar-refractivity contribution in [3.63, 3.8) is 0 Å². The largest absolute Gasteiger partial charge is 0.484 e. The molecule has 1 heterocycles. The molecule has 0 fully saturated rings. The van der Waals surface area contributed by atoms with E-state index >= 15 is 0 Å². The number of fused-ring (bicyclic) bond motifs is 1. The number of carbonyl (C=O) groups excluding carboxylic acids is 3. The normalized spacial score (nSPS) is 15.8. The van der Waals surface area contributed by atoms with E-state index in [4.69, 9.17) is 4.74 Å². The summed E-state index contributed by atoms with van der Waals surface area (Å²) in [6.45, 7) is 3.53. The predicted octanol–water partition coefficient (Wildman–Crippen LogP) is 2.60. The number of anilines is 2. The first-order chi connectivity index (χ1) is 13.8. The highest BCUT2D eigenvalue weighted by Gasteiger charge is 2.30. The molecular weight excluding hydrogens is 370 g/mol. The van der Waals surface area contributed by atoms with Gasteiger partial charge in [-0.2, -0.15) is 0 Å². The average Bonchev–Trinajstić information content (AvgIpc) is 2.81. The number of likely N-dealkylation sites (N-methyl/N-ethyl adjacent to an activating group) is 1. The first-order valence-corrected chi connectivity index (χ1v) is 9.49. The molecule has 1 aliphatic rings. The van der Waals surface area contributed by atoms with Gasteiger partial charge in [-0.1, -0.05) is 29.8 Å². The summed E-state index contributed by atoms with van der Waals surface area (Å²) in [6.07, 6.45) is 0.189.